The van der Waals surface area contributed by atoms with Crippen molar-refractivity contribution in [3.8, 4) is 11.8 Å². The number of carbonyl (C=O) groups is 1. The van der Waals surface area contributed by atoms with Crippen molar-refractivity contribution in [3.05, 3.63) is 61.9 Å². The van der Waals surface area contributed by atoms with Gasteiger partial charge in [-0.25, -0.2) is 9.59 Å². The number of fused-ring (bicyclic) bond motifs is 1. The Morgan fingerprint density at radius 2 is 1.97 bits per heavy atom. The van der Waals surface area contributed by atoms with Gasteiger partial charge in [0.25, 0.3) is 5.56 Å². The summed E-state index contributed by atoms with van der Waals surface area (Å²) in [4.78, 5) is 37.7. The molecule has 1 atom stereocenters. The quantitative estimate of drug-likeness (QED) is 0.653. The molecule has 0 radical (unpaired) electrons. The van der Waals surface area contributed by atoms with E-state index in [2.05, 4.69) is 22.1 Å². The van der Waals surface area contributed by atoms with Crippen LogP contribution in [0.15, 0.2) is 34.0 Å². The lowest BCUT2D eigenvalue weighted by Crippen LogP contribution is -2.59. The Morgan fingerprint density at radius 1 is 1.23 bits per heavy atom. The third-order valence-corrected chi connectivity index (χ3v) is 5.05. The predicted molar refractivity (Wildman–Crippen MR) is 102 cm³/mol. The number of hydrogen-bond acceptors (Lipinski definition) is 3. The summed E-state index contributed by atoms with van der Waals surface area (Å²) in [6.45, 7) is 1.53. The number of aryl methyl sites for hydroxylation is 1. The van der Waals surface area contributed by atoms with Gasteiger partial charge < -0.3 is 10.6 Å². The first kappa shape index (κ1) is 19.8. The van der Waals surface area contributed by atoms with Crippen molar-refractivity contribution >= 4 is 11.7 Å². The van der Waals surface area contributed by atoms with Crippen LogP contribution in [0.1, 0.15) is 29.5 Å². The molecule has 2 heterocycles. The van der Waals surface area contributed by atoms with Gasteiger partial charge >= 0.3 is 17.9 Å². The maximum atomic E-state index is 14.1. The lowest BCUT2D eigenvalue weighted by atomic mass is 9.85. The fourth-order valence-electron chi connectivity index (χ4n) is 3.28. The van der Waals surface area contributed by atoms with Crippen molar-refractivity contribution in [2.75, 3.05) is 5.32 Å². The van der Waals surface area contributed by atoms with E-state index in [4.69, 9.17) is 0 Å². The first-order chi connectivity index (χ1) is 14.1. The lowest BCUT2D eigenvalue weighted by molar-refractivity contribution is -0.178. The fourth-order valence-corrected chi connectivity index (χ4v) is 3.28. The molecule has 2 amide bonds. The average Bonchev–Trinajstić information content (AvgIpc) is 3.47. The molecule has 1 aliphatic carbocycles. The molecule has 2 aliphatic rings. The van der Waals surface area contributed by atoms with Crippen LogP contribution in [0.5, 0.6) is 0 Å². The number of urea groups is 1. The number of hydrogen-bond donors (Lipinski definition) is 3. The summed E-state index contributed by atoms with van der Waals surface area (Å²) in [7, 11) is 0. The van der Waals surface area contributed by atoms with Crippen LogP contribution in [-0.4, -0.2) is 21.8 Å². The van der Waals surface area contributed by atoms with Crippen LogP contribution in [0.2, 0.25) is 0 Å². The molecule has 7 nitrogen and oxygen atoms in total. The van der Waals surface area contributed by atoms with E-state index in [1.165, 1.54) is 35.9 Å². The van der Waals surface area contributed by atoms with Crippen molar-refractivity contribution < 1.29 is 18.0 Å². The number of rotatable bonds is 2. The molecule has 0 bridgehead atoms. The first-order valence-electron chi connectivity index (χ1n) is 9.21. The number of nitrogens with one attached hydrogen (secondary N) is 3. The maximum absolute atomic E-state index is 14.1. The first-order valence-corrected chi connectivity index (χ1v) is 9.21. The SMILES string of the molecule is Cc1cn(Cc2ccc3c(c2)NC(=O)NC3(C#CC2CC2)C(F)(F)F)c(=O)[nH]c1=O. The van der Waals surface area contributed by atoms with Crippen LogP contribution in [0, 0.1) is 24.7 Å². The molecule has 1 fully saturated rings. The molecule has 4 rings (SSSR count). The molecule has 30 heavy (non-hydrogen) atoms. The van der Waals surface area contributed by atoms with E-state index >= 15 is 0 Å². The van der Waals surface area contributed by atoms with Crippen molar-refractivity contribution in [2.45, 2.75) is 38.0 Å². The maximum Gasteiger partial charge on any atom is 0.427 e. The number of carbonyl (C=O) groups excluding carboxylic acids is 1. The van der Waals surface area contributed by atoms with E-state index < -0.39 is 29.0 Å². The minimum Gasteiger partial charge on any atom is -0.310 e. The number of aromatic amines is 1. The van der Waals surface area contributed by atoms with Crippen LogP contribution >= 0.6 is 0 Å². The van der Waals surface area contributed by atoms with Gasteiger partial charge in [0.1, 0.15) is 0 Å². The summed E-state index contributed by atoms with van der Waals surface area (Å²) in [5.41, 5.74) is -3.42. The van der Waals surface area contributed by atoms with E-state index in [1.807, 2.05) is 5.32 Å². The zero-order chi connectivity index (χ0) is 21.7. The normalized spacial score (nSPS) is 20.5. The average molecular weight is 418 g/mol. The molecular formula is C20H17F3N4O3. The summed E-state index contributed by atoms with van der Waals surface area (Å²) in [5.74, 6) is 4.80. The highest BCUT2D eigenvalue weighted by molar-refractivity contribution is 5.95. The summed E-state index contributed by atoms with van der Waals surface area (Å²) >= 11 is 0. The summed E-state index contributed by atoms with van der Waals surface area (Å²) in [6, 6.07) is 3.04. The van der Waals surface area contributed by atoms with Crippen LogP contribution in [0.25, 0.3) is 0 Å². The number of anilines is 1. The number of alkyl halides is 3. The molecule has 1 aromatic carbocycles. The number of aromatic nitrogens is 2. The Bertz CT molecular complexity index is 1210. The van der Waals surface area contributed by atoms with E-state index in [9.17, 15) is 27.6 Å². The van der Waals surface area contributed by atoms with E-state index in [0.717, 1.165) is 12.8 Å². The summed E-state index contributed by atoms with van der Waals surface area (Å²) in [5, 5.41) is 4.35. The second-order valence-corrected chi connectivity index (χ2v) is 7.45. The van der Waals surface area contributed by atoms with E-state index in [-0.39, 0.29) is 23.7 Å². The highest BCUT2D eigenvalue weighted by Crippen LogP contribution is 2.44. The molecule has 3 N–H and O–H groups in total. The van der Waals surface area contributed by atoms with Gasteiger partial charge in [-0.05, 0) is 31.4 Å². The number of amides is 2. The van der Waals surface area contributed by atoms with Crippen LogP contribution < -0.4 is 21.9 Å². The lowest BCUT2D eigenvalue weighted by Gasteiger charge is -2.37. The Hall–Kier alpha value is -3.48. The minimum atomic E-state index is -4.84. The third-order valence-electron chi connectivity index (χ3n) is 5.05. The Morgan fingerprint density at radius 3 is 2.63 bits per heavy atom. The van der Waals surface area contributed by atoms with Crippen molar-refractivity contribution in [3.63, 3.8) is 0 Å². The smallest absolute Gasteiger partial charge is 0.310 e. The number of halogens is 3. The highest BCUT2D eigenvalue weighted by Gasteiger charge is 2.59. The van der Waals surface area contributed by atoms with Crippen molar-refractivity contribution in [2.24, 2.45) is 5.92 Å². The molecule has 0 spiro atoms. The second kappa shape index (κ2) is 6.79. The predicted octanol–water partition coefficient (Wildman–Crippen LogP) is 2.20. The Balaban J connectivity index is 1.78. The monoisotopic (exact) mass is 418 g/mol. The standard InChI is InChI=1S/C20H17F3N4O3/c1-11-9-27(18(30)25-16(11)28)10-13-4-5-14-15(8-13)24-17(29)26-19(14,20(21,22)23)7-6-12-2-3-12/h4-5,8-9,12H,2-3,10H2,1H3,(H2,24,26,29)(H,25,28,30). The molecule has 1 unspecified atom stereocenters. The van der Waals surface area contributed by atoms with Crippen LogP contribution in [0.3, 0.4) is 0 Å². The van der Waals surface area contributed by atoms with E-state index in [1.54, 1.807) is 0 Å². The molecular weight excluding hydrogens is 401 g/mol. The molecule has 0 saturated heterocycles. The molecule has 10 heteroatoms. The third kappa shape index (κ3) is 3.47. The van der Waals surface area contributed by atoms with Gasteiger partial charge in [-0.1, -0.05) is 24.0 Å². The van der Waals surface area contributed by atoms with Gasteiger partial charge in [0, 0.05) is 28.9 Å². The van der Waals surface area contributed by atoms with E-state index in [0.29, 0.717) is 11.1 Å². The zero-order valence-corrected chi connectivity index (χ0v) is 15.8. The van der Waals surface area contributed by atoms with Gasteiger partial charge in [0.2, 0.25) is 5.54 Å². The number of nitrogens with zero attached hydrogens (tertiary/aromatic N) is 1. The van der Waals surface area contributed by atoms with Gasteiger partial charge in [-0.3, -0.25) is 14.3 Å². The van der Waals surface area contributed by atoms with Gasteiger partial charge in [-0.15, -0.1) is 0 Å². The second-order valence-electron chi connectivity index (χ2n) is 7.45. The van der Waals surface area contributed by atoms with Crippen molar-refractivity contribution in [1.82, 2.24) is 14.9 Å². The number of H-pyrrole nitrogens is 1. The topological polar surface area (TPSA) is 96.0 Å². The largest absolute Gasteiger partial charge is 0.427 e. The number of benzene rings is 1. The highest BCUT2D eigenvalue weighted by atomic mass is 19.4. The Kier molecular flexibility index (Phi) is 4.49. The van der Waals surface area contributed by atoms with Crippen molar-refractivity contribution in [1.29, 1.82) is 0 Å². The zero-order valence-electron chi connectivity index (χ0n) is 15.8. The summed E-state index contributed by atoms with van der Waals surface area (Å²) < 4.78 is 43.5. The van der Waals surface area contributed by atoms with Gasteiger partial charge in [0.05, 0.1) is 6.54 Å². The van der Waals surface area contributed by atoms with Crippen LogP contribution in [-0.2, 0) is 12.1 Å². The molecule has 156 valence electrons. The van der Waals surface area contributed by atoms with Gasteiger partial charge in [0.15, 0.2) is 0 Å². The molecule has 1 aromatic heterocycles. The van der Waals surface area contributed by atoms with Gasteiger partial charge in [-0.2, -0.15) is 13.2 Å². The molecule has 1 saturated carbocycles. The Labute approximate surface area is 168 Å². The van der Waals surface area contributed by atoms with Crippen LogP contribution in [0.4, 0.5) is 23.7 Å². The molecule has 1 aliphatic heterocycles. The molecule has 2 aromatic rings. The minimum absolute atomic E-state index is 0.000196. The summed E-state index contributed by atoms with van der Waals surface area (Å²) in [6.07, 6.45) is -1.99. The fraction of sp³-hybridized carbons (Fsp3) is 0.350.